The fourth-order valence-corrected chi connectivity index (χ4v) is 7.63. The van der Waals surface area contributed by atoms with E-state index in [1.54, 1.807) is 12.4 Å². The number of aromatic nitrogens is 1. The van der Waals surface area contributed by atoms with E-state index < -0.39 is 0 Å². The number of carbonyl (C=O) groups excluding carboxylic acids is 1. The number of hydrogen-bond donors (Lipinski definition) is 0. The number of pyridine rings is 1. The van der Waals surface area contributed by atoms with Gasteiger partial charge in [-0.25, -0.2) is 4.79 Å². The Bertz CT molecular complexity index is 1160. The molecule has 0 radical (unpaired) electrons. The van der Waals surface area contributed by atoms with Gasteiger partial charge in [0.2, 0.25) is 0 Å². The van der Waals surface area contributed by atoms with E-state index >= 15 is 0 Å². The minimum Gasteiger partial charge on any atom is -0.487 e. The molecule has 0 amide bonds. The van der Waals surface area contributed by atoms with Gasteiger partial charge in [-0.15, -0.1) is 0 Å². The molecule has 3 aliphatic rings. The monoisotopic (exact) mass is 465 g/mol. The zero-order chi connectivity index (χ0) is 24.3. The zero-order valence-corrected chi connectivity index (χ0v) is 20.8. The summed E-state index contributed by atoms with van der Waals surface area (Å²) in [7, 11) is 0. The molecule has 1 aliphatic heterocycles. The first-order chi connectivity index (χ1) is 16.1. The molecule has 0 aromatic carbocycles. The maximum Gasteiger partial charge on any atom is 0.343 e. The molecule has 6 heteroatoms. The first kappa shape index (κ1) is 23.1. The van der Waals surface area contributed by atoms with E-state index in [4.69, 9.17) is 13.9 Å². The Morgan fingerprint density at radius 3 is 2.68 bits per heavy atom. The standard InChI is InChI=1S/C28H35NO5/c1-6-32-25(31)19-9-11-27(4)22(26(19,2)3)10-12-28(5)23(27)14-18-21(34-28)15-20(33-24(18)30)17-8-7-13-29-16-17/h7-8,13,15-16,19,22-23H,6,9-12,14H2,1-5H3/t19-,22+,23-,27+,28-/m1/s1. The van der Waals surface area contributed by atoms with Crippen molar-refractivity contribution in [1.82, 2.24) is 4.98 Å². The van der Waals surface area contributed by atoms with Crippen LogP contribution in [0.4, 0.5) is 0 Å². The largest absolute Gasteiger partial charge is 0.487 e. The van der Waals surface area contributed by atoms with Crippen LogP contribution in [0.1, 0.15) is 65.9 Å². The fraction of sp³-hybridized carbons (Fsp3) is 0.607. The summed E-state index contributed by atoms with van der Waals surface area (Å²) in [6.07, 6.45) is 7.61. The molecule has 2 fully saturated rings. The molecule has 5 rings (SSSR count). The molecular formula is C28H35NO5. The molecule has 0 N–H and O–H groups in total. The minimum absolute atomic E-state index is 0.0500. The Balaban J connectivity index is 1.51. The highest BCUT2D eigenvalue weighted by Crippen LogP contribution is 2.65. The topological polar surface area (TPSA) is 78.6 Å². The van der Waals surface area contributed by atoms with Gasteiger partial charge < -0.3 is 13.9 Å². The molecule has 2 saturated carbocycles. The van der Waals surface area contributed by atoms with E-state index in [9.17, 15) is 9.59 Å². The lowest BCUT2D eigenvalue weighted by molar-refractivity contribution is -0.190. The second kappa shape index (κ2) is 7.96. The van der Waals surface area contributed by atoms with Crippen LogP contribution in [0.3, 0.4) is 0 Å². The Morgan fingerprint density at radius 2 is 1.97 bits per heavy atom. The first-order valence-electron chi connectivity index (χ1n) is 12.5. The summed E-state index contributed by atoms with van der Waals surface area (Å²) in [6.45, 7) is 11.3. The van der Waals surface area contributed by atoms with Crippen LogP contribution in [0.5, 0.6) is 5.75 Å². The van der Waals surface area contributed by atoms with E-state index in [1.807, 2.05) is 25.1 Å². The molecule has 34 heavy (non-hydrogen) atoms. The van der Waals surface area contributed by atoms with Gasteiger partial charge in [-0.05, 0) is 74.8 Å². The van der Waals surface area contributed by atoms with Crippen LogP contribution < -0.4 is 10.4 Å². The lowest BCUT2D eigenvalue weighted by Crippen LogP contribution is -2.63. The number of nitrogens with zero attached hydrogens (tertiary/aromatic N) is 1. The van der Waals surface area contributed by atoms with Crippen LogP contribution in [-0.4, -0.2) is 23.2 Å². The highest BCUT2D eigenvalue weighted by atomic mass is 16.5. The summed E-state index contributed by atoms with van der Waals surface area (Å²) < 4.78 is 17.9. The van der Waals surface area contributed by atoms with E-state index in [0.29, 0.717) is 36.0 Å². The van der Waals surface area contributed by atoms with Gasteiger partial charge in [-0.1, -0.05) is 20.8 Å². The smallest absolute Gasteiger partial charge is 0.343 e. The van der Waals surface area contributed by atoms with Gasteiger partial charge in [0.25, 0.3) is 0 Å². The number of carbonyl (C=O) groups is 1. The highest BCUT2D eigenvalue weighted by Gasteiger charge is 2.63. The van der Waals surface area contributed by atoms with Gasteiger partial charge in [0, 0.05) is 29.9 Å². The number of ether oxygens (including phenoxy) is 2. The molecular weight excluding hydrogens is 430 g/mol. The van der Waals surface area contributed by atoms with Gasteiger partial charge in [0.05, 0.1) is 18.1 Å². The Labute approximate surface area is 201 Å². The zero-order valence-electron chi connectivity index (χ0n) is 20.8. The van der Waals surface area contributed by atoms with Gasteiger partial charge in [-0.2, -0.15) is 0 Å². The minimum atomic E-state index is -0.370. The third kappa shape index (κ3) is 3.40. The summed E-state index contributed by atoms with van der Waals surface area (Å²) in [6, 6.07) is 5.55. The summed E-state index contributed by atoms with van der Waals surface area (Å²) in [5, 5.41) is 0. The van der Waals surface area contributed by atoms with Crippen LogP contribution in [0.2, 0.25) is 0 Å². The van der Waals surface area contributed by atoms with E-state index in [-0.39, 0.29) is 39.9 Å². The Kier molecular flexibility index (Phi) is 5.41. The summed E-state index contributed by atoms with van der Waals surface area (Å²) in [5.74, 6) is 1.45. The van der Waals surface area contributed by atoms with Gasteiger partial charge in [-0.3, -0.25) is 9.78 Å². The molecule has 6 nitrogen and oxygen atoms in total. The molecule has 0 unspecified atom stereocenters. The molecule has 5 atom stereocenters. The quantitative estimate of drug-likeness (QED) is 0.563. The molecule has 0 bridgehead atoms. The third-order valence-corrected chi connectivity index (χ3v) is 9.30. The molecule has 2 aliphatic carbocycles. The Morgan fingerprint density at radius 1 is 1.18 bits per heavy atom. The van der Waals surface area contributed by atoms with Crippen molar-refractivity contribution in [2.45, 2.75) is 72.3 Å². The normalized spacial score (nSPS) is 33.6. The van der Waals surface area contributed by atoms with Crippen molar-refractivity contribution >= 4 is 5.97 Å². The molecule has 182 valence electrons. The predicted molar refractivity (Wildman–Crippen MR) is 128 cm³/mol. The van der Waals surface area contributed by atoms with Crippen molar-refractivity contribution in [3.63, 3.8) is 0 Å². The van der Waals surface area contributed by atoms with Crippen molar-refractivity contribution in [1.29, 1.82) is 0 Å². The second-order valence-electron chi connectivity index (χ2n) is 11.4. The summed E-state index contributed by atoms with van der Waals surface area (Å²) in [5.41, 5.74) is 0.450. The Hall–Kier alpha value is -2.63. The molecule has 3 heterocycles. The predicted octanol–water partition coefficient (Wildman–Crippen LogP) is 5.43. The lowest BCUT2D eigenvalue weighted by Gasteiger charge is -2.64. The van der Waals surface area contributed by atoms with Crippen molar-refractivity contribution in [3.05, 3.63) is 46.6 Å². The molecule has 0 spiro atoms. The van der Waals surface area contributed by atoms with E-state index in [0.717, 1.165) is 31.2 Å². The van der Waals surface area contributed by atoms with Crippen molar-refractivity contribution in [3.8, 4) is 17.1 Å². The van der Waals surface area contributed by atoms with Gasteiger partial charge >= 0.3 is 11.6 Å². The van der Waals surface area contributed by atoms with Gasteiger partial charge in [0.1, 0.15) is 17.1 Å². The van der Waals surface area contributed by atoms with Gasteiger partial charge in [0.15, 0.2) is 0 Å². The van der Waals surface area contributed by atoms with Crippen LogP contribution in [0, 0.1) is 28.6 Å². The van der Waals surface area contributed by atoms with Crippen molar-refractivity contribution < 1.29 is 18.7 Å². The summed E-state index contributed by atoms with van der Waals surface area (Å²) in [4.78, 5) is 30.0. The number of fused-ring (bicyclic) bond motifs is 4. The SMILES string of the molecule is CCOC(=O)[C@H]1CC[C@]2(C)[C@H]3Cc4c(cc(-c5cccnc5)oc4=O)O[C@]3(C)CC[C@H]2C1(C)C. The van der Waals surface area contributed by atoms with E-state index in [2.05, 4.69) is 32.7 Å². The van der Waals surface area contributed by atoms with Crippen LogP contribution >= 0.6 is 0 Å². The fourth-order valence-electron chi connectivity index (χ4n) is 7.63. The van der Waals surface area contributed by atoms with Crippen LogP contribution in [-0.2, 0) is 16.0 Å². The number of hydrogen-bond acceptors (Lipinski definition) is 6. The highest BCUT2D eigenvalue weighted by molar-refractivity contribution is 5.73. The van der Waals surface area contributed by atoms with Crippen molar-refractivity contribution in [2.24, 2.45) is 28.6 Å². The summed E-state index contributed by atoms with van der Waals surface area (Å²) >= 11 is 0. The maximum atomic E-state index is 13.1. The molecule has 2 aromatic heterocycles. The average Bonchev–Trinajstić information content (AvgIpc) is 2.78. The lowest BCUT2D eigenvalue weighted by atomic mass is 9.42. The molecule has 0 saturated heterocycles. The van der Waals surface area contributed by atoms with Crippen LogP contribution in [0.25, 0.3) is 11.3 Å². The van der Waals surface area contributed by atoms with Crippen LogP contribution in [0.15, 0.2) is 39.8 Å². The maximum absolute atomic E-state index is 13.1. The third-order valence-electron chi connectivity index (χ3n) is 9.30. The molecule has 2 aromatic rings. The average molecular weight is 466 g/mol. The number of rotatable bonds is 3. The number of esters is 1. The first-order valence-corrected chi connectivity index (χ1v) is 12.5. The second-order valence-corrected chi connectivity index (χ2v) is 11.4. The van der Waals surface area contributed by atoms with Crippen molar-refractivity contribution in [2.75, 3.05) is 6.61 Å². The van der Waals surface area contributed by atoms with E-state index in [1.165, 1.54) is 0 Å².